The van der Waals surface area contributed by atoms with Gasteiger partial charge in [0.1, 0.15) is 5.54 Å². The molecule has 2 heterocycles. The normalized spacial score (nSPS) is 29.2. The van der Waals surface area contributed by atoms with Crippen molar-refractivity contribution in [3.63, 3.8) is 0 Å². The number of carbonyl (C=O) groups is 1. The van der Waals surface area contributed by atoms with E-state index in [1.807, 2.05) is 30.0 Å². The summed E-state index contributed by atoms with van der Waals surface area (Å²) in [6.45, 7) is 4.04. The number of aromatic nitrogens is 2. The van der Waals surface area contributed by atoms with Crippen LogP contribution < -0.4 is 5.32 Å². The number of aryl methyl sites for hydroxylation is 1. The molecule has 1 saturated heterocycles. The lowest BCUT2D eigenvalue weighted by atomic mass is 9.64. The van der Waals surface area contributed by atoms with Crippen LogP contribution in [0, 0.1) is 12.8 Å². The van der Waals surface area contributed by atoms with Crippen molar-refractivity contribution in [3.8, 4) is 0 Å². The third-order valence-corrected chi connectivity index (χ3v) is 7.04. The van der Waals surface area contributed by atoms with E-state index >= 15 is 0 Å². The van der Waals surface area contributed by atoms with E-state index in [4.69, 9.17) is 16.1 Å². The Hall–Kier alpha value is -2.08. The van der Waals surface area contributed by atoms with Gasteiger partial charge in [0.05, 0.1) is 0 Å². The molecule has 2 saturated carbocycles. The summed E-state index contributed by atoms with van der Waals surface area (Å²) in [6.07, 6.45) is 6.34. The lowest BCUT2D eigenvalue weighted by Gasteiger charge is -2.61. The molecule has 1 aromatic carbocycles. The topological polar surface area (TPSA) is 71.3 Å². The first-order valence-corrected chi connectivity index (χ1v) is 10.5. The Balaban J connectivity index is 1.40. The van der Waals surface area contributed by atoms with Crippen LogP contribution in [0.2, 0.25) is 5.02 Å². The summed E-state index contributed by atoms with van der Waals surface area (Å²) in [5.74, 6) is 2.21. The van der Waals surface area contributed by atoms with Crippen molar-refractivity contribution >= 4 is 23.3 Å². The quantitative estimate of drug-likeness (QED) is 0.765. The first-order chi connectivity index (χ1) is 13.5. The summed E-state index contributed by atoms with van der Waals surface area (Å²) in [5, 5.41) is 7.85. The van der Waals surface area contributed by atoms with Gasteiger partial charge in [-0.1, -0.05) is 30.1 Å². The highest BCUT2D eigenvalue weighted by Gasteiger charge is 2.62. The van der Waals surface area contributed by atoms with Crippen LogP contribution in [0.5, 0.6) is 0 Å². The molecule has 2 aliphatic carbocycles. The molecule has 1 aliphatic heterocycles. The van der Waals surface area contributed by atoms with Crippen molar-refractivity contribution < 1.29 is 9.32 Å². The average Bonchev–Trinajstić information content (AvgIpc) is 3.02. The zero-order chi connectivity index (χ0) is 19.5. The minimum atomic E-state index is -0.475. The number of likely N-dealkylation sites (tertiary alicyclic amines) is 1. The third kappa shape index (κ3) is 2.72. The number of anilines is 1. The lowest BCUT2D eigenvalue weighted by Crippen LogP contribution is -2.70. The molecule has 3 atom stereocenters. The van der Waals surface area contributed by atoms with Crippen molar-refractivity contribution in [2.75, 3.05) is 5.32 Å². The summed E-state index contributed by atoms with van der Waals surface area (Å²) in [5.41, 5.74) is 1.47. The Labute approximate surface area is 169 Å². The number of benzene rings is 1. The van der Waals surface area contributed by atoms with E-state index in [2.05, 4.69) is 22.4 Å². The van der Waals surface area contributed by atoms with Crippen LogP contribution in [0.3, 0.4) is 0 Å². The van der Waals surface area contributed by atoms with Crippen LogP contribution in [0.15, 0.2) is 22.7 Å². The minimum absolute atomic E-state index is 0.0964. The molecular formula is C21H25ClN4O2. The van der Waals surface area contributed by atoms with Crippen LogP contribution in [0.1, 0.15) is 68.6 Å². The van der Waals surface area contributed by atoms with Crippen molar-refractivity contribution in [1.29, 1.82) is 0 Å². The molecule has 3 aliphatic rings. The highest BCUT2D eigenvalue weighted by atomic mass is 35.5. The number of urea groups is 1. The van der Waals surface area contributed by atoms with Gasteiger partial charge in [0.25, 0.3) is 5.89 Å². The lowest BCUT2D eigenvalue weighted by molar-refractivity contribution is -0.111. The Kier molecular flexibility index (Phi) is 4.16. The molecule has 2 amide bonds. The fourth-order valence-electron chi connectivity index (χ4n) is 5.27. The number of carbonyl (C=O) groups excluding carboxylic acids is 1. The number of nitrogens with one attached hydrogen (secondary N) is 1. The number of rotatable bonds is 3. The molecule has 1 N–H and O–H groups in total. The van der Waals surface area contributed by atoms with Crippen molar-refractivity contribution in [2.24, 2.45) is 5.92 Å². The largest absolute Gasteiger partial charge is 0.337 e. The second-order valence-corrected chi connectivity index (χ2v) is 9.15. The molecule has 2 aromatic rings. The summed E-state index contributed by atoms with van der Waals surface area (Å²) in [7, 11) is 0. The number of piperidine rings is 1. The molecule has 2 bridgehead atoms. The Morgan fingerprint density at radius 3 is 2.86 bits per heavy atom. The van der Waals surface area contributed by atoms with E-state index in [1.165, 1.54) is 19.3 Å². The zero-order valence-corrected chi connectivity index (χ0v) is 17.0. The molecular weight excluding hydrogens is 376 g/mol. The van der Waals surface area contributed by atoms with Gasteiger partial charge < -0.3 is 14.7 Å². The van der Waals surface area contributed by atoms with Gasteiger partial charge in [-0.2, -0.15) is 4.98 Å². The van der Waals surface area contributed by atoms with E-state index in [-0.39, 0.29) is 12.1 Å². The maximum Gasteiger partial charge on any atom is 0.323 e. The van der Waals surface area contributed by atoms with Gasteiger partial charge in [0, 0.05) is 23.2 Å². The molecule has 1 aromatic heterocycles. The molecule has 28 heavy (non-hydrogen) atoms. The van der Waals surface area contributed by atoms with Crippen molar-refractivity contribution in [3.05, 3.63) is 40.5 Å². The number of hydrogen-bond donors (Lipinski definition) is 1. The summed E-state index contributed by atoms with van der Waals surface area (Å²) < 4.78 is 5.51. The summed E-state index contributed by atoms with van der Waals surface area (Å²) in [6, 6.07) is 5.92. The van der Waals surface area contributed by atoms with E-state index < -0.39 is 5.54 Å². The number of fused-ring (bicyclic) bond motifs is 2. The van der Waals surface area contributed by atoms with Gasteiger partial charge in [0.15, 0.2) is 5.82 Å². The van der Waals surface area contributed by atoms with Crippen LogP contribution in [-0.2, 0) is 5.54 Å². The Morgan fingerprint density at radius 2 is 2.18 bits per heavy atom. The Bertz CT molecular complexity index is 925. The fourth-order valence-corrected chi connectivity index (χ4v) is 5.54. The fraction of sp³-hybridized carbons (Fsp3) is 0.571. The molecule has 0 spiro atoms. The Morgan fingerprint density at radius 1 is 1.36 bits per heavy atom. The molecule has 3 fully saturated rings. The smallest absolute Gasteiger partial charge is 0.323 e. The zero-order valence-electron chi connectivity index (χ0n) is 16.2. The number of hydrogen-bond acceptors (Lipinski definition) is 4. The van der Waals surface area contributed by atoms with E-state index in [1.54, 1.807) is 0 Å². The molecule has 6 nitrogen and oxygen atoms in total. The second kappa shape index (κ2) is 6.48. The van der Waals surface area contributed by atoms with E-state index in [0.717, 1.165) is 35.5 Å². The van der Waals surface area contributed by atoms with Gasteiger partial charge in [-0.25, -0.2) is 4.79 Å². The molecule has 5 rings (SSSR count). The SMILES string of the molecule is Cc1noc(C23C[C@H](C)C[C@H](C2)N3C(=O)Nc2ccc(Cl)c(C3CCC3)c2)n1. The van der Waals surface area contributed by atoms with Crippen LogP contribution in [0.4, 0.5) is 10.5 Å². The van der Waals surface area contributed by atoms with E-state index in [9.17, 15) is 4.79 Å². The second-order valence-electron chi connectivity index (χ2n) is 8.75. The monoisotopic (exact) mass is 400 g/mol. The van der Waals surface area contributed by atoms with Gasteiger partial charge in [-0.3, -0.25) is 0 Å². The molecule has 0 radical (unpaired) electrons. The van der Waals surface area contributed by atoms with Crippen molar-refractivity contribution in [2.45, 2.75) is 69.9 Å². The first-order valence-electron chi connectivity index (χ1n) is 10.2. The molecule has 1 unspecified atom stereocenters. The molecule has 148 valence electrons. The predicted octanol–water partition coefficient (Wildman–Crippen LogP) is 5.23. The van der Waals surface area contributed by atoms with Gasteiger partial charge in [-0.15, -0.1) is 0 Å². The number of nitrogens with zero attached hydrogens (tertiary/aromatic N) is 3. The standard InChI is InChI=1S/C21H25ClN4O2/c1-12-8-16-11-21(10-12,19-23-13(2)25-28-19)26(16)20(27)24-15-6-7-18(22)17(9-15)14-4-3-5-14/h6-7,9,12,14,16H,3-5,8,10-11H2,1-2H3,(H,24,27)/t12-,16-,21?/m1/s1. The maximum absolute atomic E-state index is 13.2. The maximum atomic E-state index is 13.2. The van der Waals surface area contributed by atoms with Crippen molar-refractivity contribution in [1.82, 2.24) is 15.0 Å². The average molecular weight is 401 g/mol. The predicted molar refractivity (Wildman–Crippen MR) is 106 cm³/mol. The number of halogens is 1. The van der Waals surface area contributed by atoms with E-state index in [0.29, 0.717) is 23.6 Å². The van der Waals surface area contributed by atoms with Gasteiger partial charge in [-0.05, 0) is 68.2 Å². The molecule has 7 heteroatoms. The number of amides is 2. The minimum Gasteiger partial charge on any atom is -0.337 e. The van der Waals surface area contributed by atoms with Gasteiger partial charge in [0.2, 0.25) is 0 Å². The first kappa shape index (κ1) is 18.0. The van der Waals surface area contributed by atoms with Gasteiger partial charge >= 0.3 is 6.03 Å². The highest BCUT2D eigenvalue weighted by Crippen LogP contribution is 2.55. The summed E-state index contributed by atoms with van der Waals surface area (Å²) >= 11 is 6.39. The highest BCUT2D eigenvalue weighted by molar-refractivity contribution is 6.31. The summed E-state index contributed by atoms with van der Waals surface area (Å²) in [4.78, 5) is 19.6. The third-order valence-electron chi connectivity index (χ3n) is 6.70. The van der Waals surface area contributed by atoms with Crippen LogP contribution in [0.25, 0.3) is 0 Å². The van der Waals surface area contributed by atoms with Crippen LogP contribution in [-0.4, -0.2) is 27.1 Å². The van der Waals surface area contributed by atoms with Crippen LogP contribution >= 0.6 is 11.6 Å².